The molecule has 1 aromatic carbocycles. The van der Waals surface area contributed by atoms with E-state index >= 15 is 0 Å². The van der Waals surface area contributed by atoms with Gasteiger partial charge in [-0.05, 0) is 36.2 Å². The molecule has 0 aliphatic heterocycles. The van der Waals surface area contributed by atoms with E-state index in [9.17, 15) is 9.59 Å². The Kier molecular flexibility index (Phi) is 7.64. The summed E-state index contributed by atoms with van der Waals surface area (Å²) in [5.74, 6) is 0.926. The summed E-state index contributed by atoms with van der Waals surface area (Å²) >= 11 is 0. The zero-order chi connectivity index (χ0) is 19.1. The molecule has 2 rings (SSSR count). The Balaban J connectivity index is 2.04. The van der Waals surface area contributed by atoms with Gasteiger partial charge in [0.25, 0.3) is 0 Å². The maximum Gasteiger partial charge on any atom is 0.308 e. The predicted octanol–water partition coefficient (Wildman–Crippen LogP) is 3.20. The summed E-state index contributed by atoms with van der Waals surface area (Å²) in [5.41, 5.74) is 6.30. The van der Waals surface area contributed by atoms with Crippen LogP contribution in [0, 0.1) is 17.8 Å². The lowest BCUT2D eigenvalue weighted by Gasteiger charge is -2.37. The Morgan fingerprint density at radius 3 is 2.54 bits per heavy atom. The van der Waals surface area contributed by atoms with E-state index in [0.29, 0.717) is 17.8 Å². The fourth-order valence-corrected chi connectivity index (χ4v) is 3.82. The van der Waals surface area contributed by atoms with Gasteiger partial charge in [0.05, 0.1) is 19.0 Å². The molecular formula is C21H32N2O3. The van der Waals surface area contributed by atoms with E-state index in [1.54, 1.807) is 0 Å². The topological polar surface area (TPSA) is 81.4 Å². The lowest BCUT2D eigenvalue weighted by molar-refractivity contribution is -0.156. The molecule has 3 N–H and O–H groups in total. The average molecular weight is 360 g/mol. The number of amides is 1. The van der Waals surface area contributed by atoms with Crippen LogP contribution in [0.25, 0.3) is 0 Å². The number of carbonyl (C=O) groups is 2. The molecule has 0 spiro atoms. The lowest BCUT2D eigenvalue weighted by atomic mass is 9.75. The van der Waals surface area contributed by atoms with Crippen LogP contribution >= 0.6 is 0 Å². The molecule has 5 nitrogen and oxygen atoms in total. The lowest BCUT2D eigenvalue weighted by Crippen LogP contribution is -2.38. The van der Waals surface area contributed by atoms with Crippen molar-refractivity contribution in [1.82, 2.24) is 5.32 Å². The molecule has 5 heteroatoms. The van der Waals surface area contributed by atoms with Crippen LogP contribution in [0.4, 0.5) is 0 Å². The Hall–Kier alpha value is -1.88. The fraction of sp³-hybridized carbons (Fsp3) is 0.619. The Labute approximate surface area is 156 Å². The summed E-state index contributed by atoms with van der Waals surface area (Å²) in [6.45, 7) is 6.49. The van der Waals surface area contributed by atoms with Gasteiger partial charge in [0, 0.05) is 0 Å². The molecular weight excluding hydrogens is 328 g/mol. The second-order valence-electron chi connectivity index (χ2n) is 7.79. The minimum absolute atomic E-state index is 0.0344. The SMILES string of the molecule is CC(C)[C@@H]1CC[C@@H](C)C[C@@H]1OC(=O)C[C@@H](NC(=O)CN)c1ccccc1. The molecule has 1 aliphatic rings. The standard InChI is InChI=1S/C21H32N2O3/c1-14(2)17-10-9-15(3)11-19(17)26-21(25)12-18(23-20(24)13-22)16-7-5-4-6-8-16/h4-8,14-15,17-19H,9-13,22H2,1-3H3,(H,23,24)/t15-,17+,18-,19+/m1/s1. The fourth-order valence-electron chi connectivity index (χ4n) is 3.82. The maximum absolute atomic E-state index is 12.6. The molecule has 26 heavy (non-hydrogen) atoms. The zero-order valence-corrected chi connectivity index (χ0v) is 16.1. The van der Waals surface area contributed by atoms with Crippen molar-refractivity contribution in [1.29, 1.82) is 0 Å². The molecule has 144 valence electrons. The van der Waals surface area contributed by atoms with Gasteiger partial charge in [-0.15, -0.1) is 0 Å². The summed E-state index contributed by atoms with van der Waals surface area (Å²) in [7, 11) is 0. The normalized spacial score (nSPS) is 24.1. The molecule has 0 radical (unpaired) electrons. The predicted molar refractivity (Wildman–Crippen MR) is 102 cm³/mol. The van der Waals surface area contributed by atoms with Gasteiger partial charge in [0.15, 0.2) is 0 Å². The van der Waals surface area contributed by atoms with Crippen molar-refractivity contribution >= 4 is 11.9 Å². The summed E-state index contributed by atoms with van der Waals surface area (Å²) in [4.78, 5) is 24.4. The van der Waals surface area contributed by atoms with E-state index in [4.69, 9.17) is 10.5 Å². The van der Waals surface area contributed by atoms with Crippen LogP contribution in [-0.2, 0) is 14.3 Å². The van der Waals surface area contributed by atoms with Crippen molar-refractivity contribution < 1.29 is 14.3 Å². The number of ether oxygens (including phenoxy) is 1. The second-order valence-corrected chi connectivity index (χ2v) is 7.79. The first-order valence-corrected chi connectivity index (χ1v) is 9.64. The Morgan fingerprint density at radius 2 is 1.92 bits per heavy atom. The van der Waals surface area contributed by atoms with Crippen molar-refractivity contribution in [3.8, 4) is 0 Å². The number of esters is 1. The monoisotopic (exact) mass is 360 g/mol. The molecule has 0 aromatic heterocycles. The molecule has 1 fully saturated rings. The van der Waals surface area contributed by atoms with E-state index in [-0.39, 0.29) is 30.9 Å². The van der Waals surface area contributed by atoms with Crippen molar-refractivity contribution in [2.75, 3.05) is 6.54 Å². The third kappa shape index (κ3) is 5.84. The van der Waals surface area contributed by atoms with Gasteiger partial charge >= 0.3 is 5.97 Å². The number of carbonyl (C=O) groups excluding carboxylic acids is 2. The van der Waals surface area contributed by atoms with Gasteiger partial charge in [-0.2, -0.15) is 0 Å². The van der Waals surface area contributed by atoms with E-state index in [0.717, 1.165) is 18.4 Å². The molecule has 1 amide bonds. The zero-order valence-electron chi connectivity index (χ0n) is 16.1. The van der Waals surface area contributed by atoms with Crippen LogP contribution in [0.2, 0.25) is 0 Å². The van der Waals surface area contributed by atoms with Crippen LogP contribution in [0.15, 0.2) is 30.3 Å². The highest BCUT2D eigenvalue weighted by Gasteiger charge is 2.34. The van der Waals surface area contributed by atoms with Crippen LogP contribution in [0.1, 0.15) is 58.1 Å². The van der Waals surface area contributed by atoms with Crippen molar-refractivity contribution in [3.63, 3.8) is 0 Å². The minimum atomic E-state index is -0.418. The van der Waals surface area contributed by atoms with E-state index in [2.05, 4.69) is 26.1 Å². The molecule has 0 unspecified atom stereocenters. The summed E-state index contributed by atoms with van der Waals surface area (Å²) < 4.78 is 5.88. The number of hydrogen-bond donors (Lipinski definition) is 2. The number of nitrogens with two attached hydrogens (primary N) is 1. The quantitative estimate of drug-likeness (QED) is 0.732. The molecule has 0 heterocycles. The van der Waals surface area contributed by atoms with Crippen LogP contribution in [-0.4, -0.2) is 24.5 Å². The highest BCUT2D eigenvalue weighted by atomic mass is 16.5. The van der Waals surface area contributed by atoms with Gasteiger partial charge in [0.2, 0.25) is 5.91 Å². The molecule has 4 atom stereocenters. The second kappa shape index (κ2) is 9.72. The van der Waals surface area contributed by atoms with Crippen LogP contribution in [0.5, 0.6) is 0 Å². The average Bonchev–Trinajstić information content (AvgIpc) is 2.61. The molecule has 0 bridgehead atoms. The summed E-state index contributed by atoms with van der Waals surface area (Å²) in [5, 5.41) is 2.83. The van der Waals surface area contributed by atoms with E-state index in [1.807, 2.05) is 30.3 Å². The number of rotatable bonds is 7. The van der Waals surface area contributed by atoms with Crippen LogP contribution < -0.4 is 11.1 Å². The largest absolute Gasteiger partial charge is 0.462 e. The highest BCUT2D eigenvalue weighted by molar-refractivity contribution is 5.79. The van der Waals surface area contributed by atoms with Crippen molar-refractivity contribution in [2.45, 2.75) is 58.6 Å². The summed E-state index contributed by atoms with van der Waals surface area (Å²) in [6.07, 6.45) is 3.29. The van der Waals surface area contributed by atoms with Crippen molar-refractivity contribution in [3.05, 3.63) is 35.9 Å². The number of hydrogen-bond acceptors (Lipinski definition) is 4. The minimum Gasteiger partial charge on any atom is -0.462 e. The van der Waals surface area contributed by atoms with Crippen LogP contribution in [0.3, 0.4) is 0 Å². The summed E-state index contributed by atoms with van der Waals surface area (Å²) in [6, 6.07) is 9.06. The first kappa shape index (κ1) is 20.4. The third-order valence-electron chi connectivity index (χ3n) is 5.34. The Bertz CT molecular complexity index is 588. The number of benzene rings is 1. The van der Waals surface area contributed by atoms with Gasteiger partial charge in [-0.25, -0.2) is 0 Å². The van der Waals surface area contributed by atoms with Gasteiger partial charge in [-0.3, -0.25) is 9.59 Å². The Morgan fingerprint density at radius 1 is 1.23 bits per heavy atom. The van der Waals surface area contributed by atoms with E-state index in [1.165, 1.54) is 6.42 Å². The third-order valence-corrected chi connectivity index (χ3v) is 5.34. The maximum atomic E-state index is 12.6. The van der Waals surface area contributed by atoms with Crippen molar-refractivity contribution in [2.24, 2.45) is 23.5 Å². The first-order valence-electron chi connectivity index (χ1n) is 9.64. The molecule has 1 aliphatic carbocycles. The molecule has 0 saturated heterocycles. The number of nitrogens with one attached hydrogen (secondary N) is 1. The molecule has 1 aromatic rings. The smallest absolute Gasteiger partial charge is 0.308 e. The van der Waals surface area contributed by atoms with Gasteiger partial charge in [-0.1, -0.05) is 57.5 Å². The van der Waals surface area contributed by atoms with Gasteiger partial charge in [0.1, 0.15) is 6.10 Å². The van der Waals surface area contributed by atoms with E-state index < -0.39 is 6.04 Å². The highest BCUT2D eigenvalue weighted by Crippen LogP contribution is 2.35. The molecule has 1 saturated carbocycles. The first-order chi connectivity index (χ1) is 12.4. The van der Waals surface area contributed by atoms with Gasteiger partial charge < -0.3 is 15.8 Å².